The van der Waals surface area contributed by atoms with E-state index >= 15 is 0 Å². The monoisotopic (exact) mass is 328 g/mol. The predicted molar refractivity (Wildman–Crippen MR) is 72.2 cm³/mol. The molecule has 2 amide bonds. The van der Waals surface area contributed by atoms with Crippen LogP contribution in [0.2, 0.25) is 0 Å². The maximum atomic E-state index is 13.7. The van der Waals surface area contributed by atoms with E-state index in [1.807, 2.05) is 0 Å². The average molecular weight is 329 g/mol. The van der Waals surface area contributed by atoms with E-state index in [2.05, 4.69) is 26.6 Å². The number of nitrogens with one attached hydrogen (secondary N) is 2. The molecular weight excluding hydrogens is 315 g/mol. The van der Waals surface area contributed by atoms with Crippen LogP contribution >= 0.6 is 15.9 Å². The first kappa shape index (κ1) is 14.0. The van der Waals surface area contributed by atoms with Crippen molar-refractivity contribution in [2.24, 2.45) is 0 Å². The van der Waals surface area contributed by atoms with Crippen molar-refractivity contribution in [1.82, 2.24) is 10.6 Å². The SMILES string of the molecule is CC(NC(=O)c1cccc(Br)c1F)C(=O)NC1CC1. The summed E-state index contributed by atoms with van der Waals surface area (Å²) in [6.45, 7) is 1.57. The van der Waals surface area contributed by atoms with E-state index in [9.17, 15) is 14.0 Å². The van der Waals surface area contributed by atoms with Crippen LogP contribution in [0, 0.1) is 5.82 Å². The molecule has 2 N–H and O–H groups in total. The maximum absolute atomic E-state index is 13.7. The van der Waals surface area contributed by atoms with Crippen molar-refractivity contribution < 1.29 is 14.0 Å². The third kappa shape index (κ3) is 3.53. The lowest BCUT2D eigenvalue weighted by Gasteiger charge is -2.14. The van der Waals surface area contributed by atoms with Crippen LogP contribution in [0.5, 0.6) is 0 Å². The van der Waals surface area contributed by atoms with Crippen molar-refractivity contribution in [2.75, 3.05) is 0 Å². The molecule has 1 aromatic rings. The molecule has 0 aromatic heterocycles. The summed E-state index contributed by atoms with van der Waals surface area (Å²) in [5.41, 5.74) is -0.0829. The first-order chi connectivity index (χ1) is 8.99. The lowest BCUT2D eigenvalue weighted by Crippen LogP contribution is -2.45. The van der Waals surface area contributed by atoms with Crippen molar-refractivity contribution >= 4 is 27.7 Å². The molecule has 0 radical (unpaired) electrons. The number of amides is 2. The van der Waals surface area contributed by atoms with Gasteiger partial charge >= 0.3 is 0 Å². The van der Waals surface area contributed by atoms with Crippen molar-refractivity contribution in [1.29, 1.82) is 0 Å². The van der Waals surface area contributed by atoms with E-state index in [-0.39, 0.29) is 22.0 Å². The summed E-state index contributed by atoms with van der Waals surface area (Å²) < 4.78 is 13.9. The Morgan fingerprint density at radius 3 is 2.74 bits per heavy atom. The van der Waals surface area contributed by atoms with Crippen molar-refractivity contribution in [3.8, 4) is 0 Å². The fourth-order valence-corrected chi connectivity index (χ4v) is 1.94. The van der Waals surface area contributed by atoms with Gasteiger partial charge in [-0.15, -0.1) is 0 Å². The fraction of sp³-hybridized carbons (Fsp3) is 0.385. The number of benzene rings is 1. The fourth-order valence-electron chi connectivity index (χ4n) is 1.57. The zero-order valence-electron chi connectivity index (χ0n) is 10.4. The van der Waals surface area contributed by atoms with Crippen LogP contribution in [0.15, 0.2) is 22.7 Å². The van der Waals surface area contributed by atoms with Crippen LogP contribution in [-0.2, 0) is 4.79 Å². The third-order valence-corrected chi connectivity index (χ3v) is 3.47. The second-order valence-electron chi connectivity index (χ2n) is 4.58. The summed E-state index contributed by atoms with van der Waals surface area (Å²) in [5, 5.41) is 5.27. The van der Waals surface area contributed by atoms with Crippen LogP contribution in [0.25, 0.3) is 0 Å². The van der Waals surface area contributed by atoms with Gasteiger partial charge in [0.15, 0.2) is 0 Å². The molecule has 102 valence electrons. The van der Waals surface area contributed by atoms with Gasteiger partial charge in [0.25, 0.3) is 5.91 Å². The number of carbonyl (C=O) groups is 2. The van der Waals surface area contributed by atoms with E-state index in [0.29, 0.717) is 0 Å². The lowest BCUT2D eigenvalue weighted by atomic mass is 10.2. The standard InChI is InChI=1S/C13H14BrFN2O2/c1-7(12(18)17-8-5-6-8)16-13(19)9-3-2-4-10(14)11(9)15/h2-4,7-8H,5-6H2,1H3,(H,16,19)(H,17,18). The van der Waals surface area contributed by atoms with Crippen LogP contribution in [0.4, 0.5) is 4.39 Å². The molecule has 0 saturated heterocycles. The van der Waals surface area contributed by atoms with Gasteiger partial charge in [0.2, 0.25) is 5.91 Å². The Labute approximate surface area is 118 Å². The molecule has 1 unspecified atom stereocenters. The molecule has 1 fully saturated rings. The molecule has 6 heteroatoms. The minimum Gasteiger partial charge on any atom is -0.352 e. The molecule has 1 aliphatic rings. The zero-order valence-corrected chi connectivity index (χ0v) is 12.0. The quantitative estimate of drug-likeness (QED) is 0.888. The summed E-state index contributed by atoms with van der Waals surface area (Å²) >= 11 is 3.02. The highest BCUT2D eigenvalue weighted by molar-refractivity contribution is 9.10. The Kier molecular flexibility index (Phi) is 4.19. The van der Waals surface area contributed by atoms with Gasteiger partial charge in [-0.1, -0.05) is 6.07 Å². The Hall–Kier alpha value is -1.43. The normalized spacial score (nSPS) is 15.7. The van der Waals surface area contributed by atoms with E-state index in [1.165, 1.54) is 12.1 Å². The Morgan fingerprint density at radius 2 is 2.11 bits per heavy atom. The smallest absolute Gasteiger partial charge is 0.254 e. The number of hydrogen-bond acceptors (Lipinski definition) is 2. The average Bonchev–Trinajstić information content (AvgIpc) is 3.16. The first-order valence-corrected chi connectivity index (χ1v) is 6.83. The second kappa shape index (κ2) is 5.69. The molecule has 2 rings (SSSR count). The Morgan fingerprint density at radius 1 is 1.42 bits per heavy atom. The highest BCUT2D eigenvalue weighted by Gasteiger charge is 2.26. The van der Waals surface area contributed by atoms with Crippen LogP contribution in [-0.4, -0.2) is 23.9 Å². The Bertz CT molecular complexity index is 517. The minimum atomic E-state index is -0.688. The van der Waals surface area contributed by atoms with Gasteiger partial charge in [0.05, 0.1) is 10.0 Å². The van der Waals surface area contributed by atoms with Gasteiger partial charge in [-0.3, -0.25) is 9.59 Å². The van der Waals surface area contributed by atoms with Gasteiger partial charge < -0.3 is 10.6 Å². The number of carbonyl (C=O) groups excluding carboxylic acids is 2. The predicted octanol–water partition coefficient (Wildman–Crippen LogP) is 1.99. The Balaban J connectivity index is 1.99. The molecule has 1 aliphatic carbocycles. The van der Waals surface area contributed by atoms with E-state index in [0.717, 1.165) is 12.8 Å². The summed E-state index contributed by atoms with van der Waals surface area (Å²) in [4.78, 5) is 23.6. The molecule has 0 aliphatic heterocycles. The molecule has 4 nitrogen and oxygen atoms in total. The molecular formula is C13H14BrFN2O2. The molecule has 0 heterocycles. The minimum absolute atomic E-state index is 0.0829. The zero-order chi connectivity index (χ0) is 14.0. The highest BCUT2D eigenvalue weighted by Crippen LogP contribution is 2.19. The van der Waals surface area contributed by atoms with Gasteiger partial charge in [-0.25, -0.2) is 4.39 Å². The van der Waals surface area contributed by atoms with E-state index in [1.54, 1.807) is 13.0 Å². The molecule has 1 aromatic carbocycles. The molecule has 19 heavy (non-hydrogen) atoms. The summed E-state index contributed by atoms with van der Waals surface area (Å²) in [5.74, 6) is -1.47. The number of hydrogen-bond donors (Lipinski definition) is 2. The van der Waals surface area contributed by atoms with Gasteiger partial charge in [0, 0.05) is 6.04 Å². The summed E-state index contributed by atoms with van der Waals surface area (Å²) in [6, 6.07) is 3.99. The van der Waals surface area contributed by atoms with E-state index in [4.69, 9.17) is 0 Å². The van der Waals surface area contributed by atoms with Crippen molar-refractivity contribution in [2.45, 2.75) is 31.8 Å². The number of rotatable bonds is 4. The largest absolute Gasteiger partial charge is 0.352 e. The van der Waals surface area contributed by atoms with Gasteiger partial charge in [0.1, 0.15) is 11.9 Å². The molecule has 1 saturated carbocycles. The molecule has 1 atom stereocenters. The number of halogens is 2. The topological polar surface area (TPSA) is 58.2 Å². The maximum Gasteiger partial charge on any atom is 0.254 e. The van der Waals surface area contributed by atoms with Crippen molar-refractivity contribution in [3.05, 3.63) is 34.1 Å². The van der Waals surface area contributed by atoms with Gasteiger partial charge in [-0.2, -0.15) is 0 Å². The summed E-state index contributed by atoms with van der Waals surface area (Å²) in [7, 11) is 0. The third-order valence-electron chi connectivity index (χ3n) is 2.86. The van der Waals surface area contributed by atoms with Crippen LogP contribution < -0.4 is 10.6 Å². The van der Waals surface area contributed by atoms with Crippen LogP contribution in [0.1, 0.15) is 30.1 Å². The summed E-state index contributed by atoms with van der Waals surface area (Å²) in [6.07, 6.45) is 1.96. The van der Waals surface area contributed by atoms with E-state index < -0.39 is 17.8 Å². The second-order valence-corrected chi connectivity index (χ2v) is 5.43. The van der Waals surface area contributed by atoms with Gasteiger partial charge in [-0.05, 0) is 47.8 Å². The highest BCUT2D eigenvalue weighted by atomic mass is 79.9. The molecule has 0 bridgehead atoms. The van der Waals surface area contributed by atoms with Crippen LogP contribution in [0.3, 0.4) is 0 Å². The van der Waals surface area contributed by atoms with Crippen molar-refractivity contribution in [3.63, 3.8) is 0 Å². The first-order valence-electron chi connectivity index (χ1n) is 6.04. The molecule has 0 spiro atoms. The lowest BCUT2D eigenvalue weighted by molar-refractivity contribution is -0.122.